The van der Waals surface area contributed by atoms with Gasteiger partial charge in [-0.1, -0.05) is 6.07 Å². The van der Waals surface area contributed by atoms with Crippen LogP contribution in [-0.4, -0.2) is 23.4 Å². The van der Waals surface area contributed by atoms with Gasteiger partial charge in [-0.25, -0.2) is 4.39 Å². The summed E-state index contributed by atoms with van der Waals surface area (Å²) in [5, 5.41) is 8.63. The molecular weight excluding hydrogens is 247 g/mol. The number of rotatable bonds is 5. The van der Waals surface area contributed by atoms with Crippen LogP contribution in [0.2, 0.25) is 0 Å². The summed E-state index contributed by atoms with van der Waals surface area (Å²) >= 11 is 0. The molecule has 3 N–H and O–H groups in total. The highest BCUT2D eigenvalue weighted by atomic mass is 19.1. The number of hydrogen-bond donors (Lipinski definition) is 2. The Labute approximate surface area is 110 Å². The molecule has 1 aliphatic rings. The van der Waals surface area contributed by atoms with Gasteiger partial charge in [-0.2, -0.15) is 5.26 Å². The fraction of sp³-hybridized carbons (Fsp3) is 0.385. The van der Waals surface area contributed by atoms with Gasteiger partial charge in [0, 0.05) is 12.6 Å². The van der Waals surface area contributed by atoms with Crippen molar-refractivity contribution in [3.8, 4) is 6.07 Å². The number of nitrogens with two attached hydrogens (primary N) is 1. The van der Waals surface area contributed by atoms with E-state index in [1.54, 1.807) is 4.90 Å². The van der Waals surface area contributed by atoms with Crippen LogP contribution in [0.5, 0.6) is 0 Å². The highest BCUT2D eigenvalue weighted by Crippen LogP contribution is 2.30. The Morgan fingerprint density at radius 2 is 2.32 bits per heavy atom. The molecule has 5 nitrogen and oxygen atoms in total. The van der Waals surface area contributed by atoms with E-state index in [1.807, 2.05) is 6.07 Å². The van der Waals surface area contributed by atoms with Crippen LogP contribution in [0, 0.1) is 17.1 Å². The fourth-order valence-corrected chi connectivity index (χ4v) is 2.01. The Morgan fingerprint density at radius 3 is 2.89 bits per heavy atom. The van der Waals surface area contributed by atoms with Crippen LogP contribution in [0.3, 0.4) is 0 Å². The molecule has 0 aliphatic heterocycles. The average Bonchev–Trinajstić information content (AvgIpc) is 3.23. The minimum Gasteiger partial charge on any atom is -0.335 e. The van der Waals surface area contributed by atoms with Crippen LogP contribution in [-0.2, 0) is 0 Å². The predicted octanol–water partition coefficient (Wildman–Crippen LogP) is 1.63. The van der Waals surface area contributed by atoms with Gasteiger partial charge in [-0.15, -0.1) is 0 Å². The summed E-state index contributed by atoms with van der Waals surface area (Å²) in [5.41, 5.74) is 2.42. The number of hydrogen-bond acceptors (Lipinski definition) is 4. The minimum absolute atomic E-state index is 0.00453. The lowest BCUT2D eigenvalue weighted by molar-refractivity contribution is 0.0747. The predicted molar refractivity (Wildman–Crippen MR) is 68.5 cm³/mol. The average molecular weight is 262 g/mol. The topological polar surface area (TPSA) is 82.2 Å². The molecule has 1 aliphatic carbocycles. The maximum atomic E-state index is 13.6. The zero-order chi connectivity index (χ0) is 13.8. The summed E-state index contributed by atoms with van der Waals surface area (Å²) in [5.74, 6) is 4.42. The molecule has 2 rings (SSSR count). The van der Waals surface area contributed by atoms with Gasteiger partial charge in [0.05, 0.1) is 23.7 Å². The number of para-hydroxylation sites is 1. The lowest BCUT2D eigenvalue weighted by Gasteiger charge is -2.22. The van der Waals surface area contributed by atoms with Crippen LogP contribution < -0.4 is 11.3 Å². The Kier molecular flexibility index (Phi) is 3.97. The first-order chi connectivity index (χ1) is 9.19. The summed E-state index contributed by atoms with van der Waals surface area (Å²) in [7, 11) is 0. The quantitative estimate of drug-likeness (QED) is 0.624. The number of nitrogens with one attached hydrogen (secondary N) is 1. The Bertz CT molecular complexity index is 522. The van der Waals surface area contributed by atoms with Gasteiger partial charge >= 0.3 is 0 Å². The fourth-order valence-electron chi connectivity index (χ4n) is 2.01. The number of hydrazine groups is 1. The van der Waals surface area contributed by atoms with Gasteiger partial charge in [-0.3, -0.25) is 10.6 Å². The summed E-state index contributed by atoms with van der Waals surface area (Å²) in [4.78, 5) is 14.0. The van der Waals surface area contributed by atoms with Crippen molar-refractivity contribution in [1.82, 2.24) is 4.90 Å². The van der Waals surface area contributed by atoms with Crippen molar-refractivity contribution < 1.29 is 9.18 Å². The van der Waals surface area contributed by atoms with E-state index < -0.39 is 5.82 Å². The second kappa shape index (κ2) is 5.67. The van der Waals surface area contributed by atoms with E-state index >= 15 is 0 Å². The number of anilines is 1. The molecule has 1 aromatic rings. The molecule has 0 saturated heterocycles. The first-order valence-corrected chi connectivity index (χ1v) is 6.12. The van der Waals surface area contributed by atoms with Gasteiger partial charge in [0.1, 0.15) is 5.82 Å². The van der Waals surface area contributed by atoms with Crippen molar-refractivity contribution in [2.45, 2.75) is 25.3 Å². The van der Waals surface area contributed by atoms with Crippen molar-refractivity contribution >= 4 is 11.6 Å². The lowest BCUT2D eigenvalue weighted by Crippen LogP contribution is -2.34. The molecular formula is C13H15FN4O. The van der Waals surface area contributed by atoms with E-state index in [9.17, 15) is 9.18 Å². The van der Waals surface area contributed by atoms with Crippen LogP contribution in [0.25, 0.3) is 0 Å². The minimum atomic E-state index is -0.565. The van der Waals surface area contributed by atoms with Crippen LogP contribution in [0.4, 0.5) is 10.1 Å². The van der Waals surface area contributed by atoms with Crippen molar-refractivity contribution in [1.29, 1.82) is 5.26 Å². The number of nitrogen functional groups attached to an aromatic ring is 1. The molecule has 0 radical (unpaired) electrons. The highest BCUT2D eigenvalue weighted by molar-refractivity contribution is 6.00. The first-order valence-electron chi connectivity index (χ1n) is 6.12. The number of benzene rings is 1. The highest BCUT2D eigenvalue weighted by Gasteiger charge is 2.33. The number of nitrogens with zero attached hydrogens (tertiary/aromatic N) is 2. The standard InChI is InChI=1S/C13H15FN4O/c14-11-4-1-3-10(12(11)17-16)13(19)18(8-2-7-15)9-5-6-9/h1,3-4,9,17H,2,5-6,8,16H2. The summed E-state index contributed by atoms with van der Waals surface area (Å²) < 4.78 is 13.6. The molecule has 0 unspecified atom stereocenters. The van der Waals surface area contributed by atoms with Crippen molar-refractivity contribution in [2.75, 3.05) is 12.0 Å². The molecule has 1 fully saturated rings. The van der Waals surface area contributed by atoms with Gasteiger partial charge in [0.15, 0.2) is 0 Å². The van der Waals surface area contributed by atoms with Crippen molar-refractivity contribution in [3.05, 3.63) is 29.6 Å². The van der Waals surface area contributed by atoms with Gasteiger partial charge in [0.25, 0.3) is 5.91 Å². The molecule has 100 valence electrons. The summed E-state index contributed by atoms with van der Waals surface area (Å²) in [6.07, 6.45) is 2.12. The molecule has 1 saturated carbocycles. The van der Waals surface area contributed by atoms with Crippen LogP contribution in [0.15, 0.2) is 18.2 Å². The number of halogens is 1. The molecule has 1 aromatic carbocycles. The second-order valence-electron chi connectivity index (χ2n) is 4.44. The summed E-state index contributed by atoms with van der Waals surface area (Å²) in [6.45, 7) is 0.362. The Morgan fingerprint density at radius 1 is 1.58 bits per heavy atom. The van der Waals surface area contributed by atoms with Crippen LogP contribution in [0.1, 0.15) is 29.6 Å². The largest absolute Gasteiger partial charge is 0.335 e. The number of nitriles is 1. The van der Waals surface area contributed by atoms with Crippen molar-refractivity contribution in [3.63, 3.8) is 0 Å². The number of carbonyl (C=O) groups is 1. The third kappa shape index (κ3) is 2.83. The molecule has 6 heteroatoms. The van der Waals surface area contributed by atoms with E-state index in [-0.39, 0.29) is 29.6 Å². The molecule has 0 bridgehead atoms. The first kappa shape index (κ1) is 13.3. The summed E-state index contributed by atoms with van der Waals surface area (Å²) in [6, 6.07) is 6.42. The van der Waals surface area contributed by atoms with Gasteiger partial charge < -0.3 is 10.3 Å². The third-order valence-corrected chi connectivity index (χ3v) is 3.10. The maximum Gasteiger partial charge on any atom is 0.256 e. The Balaban J connectivity index is 2.26. The third-order valence-electron chi connectivity index (χ3n) is 3.10. The van der Waals surface area contributed by atoms with Gasteiger partial charge in [0.2, 0.25) is 0 Å². The van der Waals surface area contributed by atoms with Crippen LogP contribution >= 0.6 is 0 Å². The molecule has 1 amide bonds. The van der Waals surface area contributed by atoms with E-state index in [0.717, 1.165) is 12.8 Å². The van der Waals surface area contributed by atoms with E-state index in [4.69, 9.17) is 11.1 Å². The van der Waals surface area contributed by atoms with E-state index in [0.29, 0.717) is 6.54 Å². The van der Waals surface area contributed by atoms with E-state index in [2.05, 4.69) is 5.43 Å². The normalized spacial score (nSPS) is 13.7. The van der Waals surface area contributed by atoms with E-state index in [1.165, 1.54) is 18.2 Å². The molecule has 0 atom stereocenters. The van der Waals surface area contributed by atoms with Gasteiger partial charge in [-0.05, 0) is 25.0 Å². The zero-order valence-electron chi connectivity index (χ0n) is 10.4. The zero-order valence-corrected chi connectivity index (χ0v) is 10.4. The molecule has 19 heavy (non-hydrogen) atoms. The second-order valence-corrected chi connectivity index (χ2v) is 4.44. The lowest BCUT2D eigenvalue weighted by atomic mass is 10.1. The SMILES string of the molecule is N#CCCN(C(=O)c1cccc(F)c1NN)C1CC1. The Hall–Kier alpha value is -2.13. The number of carbonyl (C=O) groups excluding carboxylic acids is 1. The molecule has 0 spiro atoms. The maximum absolute atomic E-state index is 13.6. The monoisotopic (exact) mass is 262 g/mol. The smallest absolute Gasteiger partial charge is 0.256 e. The molecule has 0 heterocycles. The molecule has 0 aromatic heterocycles. The number of amides is 1. The van der Waals surface area contributed by atoms with Crippen molar-refractivity contribution in [2.24, 2.45) is 5.84 Å².